The molecule has 0 N–H and O–H groups in total. The number of carbonyl (C=O) groups is 1. The van der Waals surface area contributed by atoms with Crippen molar-refractivity contribution in [3.05, 3.63) is 36.5 Å². The monoisotopic (exact) mass is 245 g/mol. The van der Waals surface area contributed by atoms with Gasteiger partial charge in [0.1, 0.15) is 5.69 Å². The molecule has 0 saturated carbocycles. The van der Waals surface area contributed by atoms with Crippen molar-refractivity contribution in [3.8, 4) is 0 Å². The average Bonchev–Trinajstić information content (AvgIpc) is 3.09. The van der Waals surface area contributed by atoms with Crippen molar-refractivity contribution in [3.63, 3.8) is 0 Å². The molecule has 0 aromatic carbocycles. The Morgan fingerprint density at radius 2 is 2.33 bits per heavy atom. The molecular weight excluding hydrogens is 234 g/mol. The topological polar surface area (TPSA) is 85.0 Å². The molecule has 1 amide bonds. The van der Waals surface area contributed by atoms with E-state index in [9.17, 15) is 4.79 Å². The minimum absolute atomic E-state index is 0.103. The third-order valence-corrected chi connectivity index (χ3v) is 3.00. The van der Waals surface area contributed by atoms with Gasteiger partial charge >= 0.3 is 0 Å². The molecule has 1 aliphatic rings. The average molecular weight is 245 g/mol. The number of rotatable bonds is 2. The van der Waals surface area contributed by atoms with Crippen LogP contribution in [0.3, 0.4) is 0 Å². The van der Waals surface area contributed by atoms with Crippen molar-refractivity contribution in [2.75, 3.05) is 13.1 Å². The van der Waals surface area contributed by atoms with Crippen LogP contribution in [0.5, 0.6) is 0 Å². The fraction of sp³-hybridized carbons (Fsp3) is 0.364. The van der Waals surface area contributed by atoms with E-state index in [1.54, 1.807) is 11.1 Å². The summed E-state index contributed by atoms with van der Waals surface area (Å²) in [4.78, 5) is 25.8. The van der Waals surface area contributed by atoms with Gasteiger partial charge in [-0.15, -0.1) is 0 Å². The summed E-state index contributed by atoms with van der Waals surface area (Å²) in [7, 11) is 0. The predicted octanol–water partition coefficient (Wildman–Crippen LogP) is 0.489. The zero-order valence-corrected chi connectivity index (χ0v) is 9.56. The van der Waals surface area contributed by atoms with Gasteiger partial charge < -0.3 is 9.42 Å². The molecular formula is C11H11N5O2. The first-order chi connectivity index (χ1) is 8.84. The van der Waals surface area contributed by atoms with Crippen LogP contribution >= 0.6 is 0 Å². The van der Waals surface area contributed by atoms with Gasteiger partial charge in [0.15, 0.2) is 5.82 Å². The molecule has 0 bridgehead atoms. The zero-order chi connectivity index (χ0) is 12.4. The Bertz CT molecular complexity index is 528. The third kappa shape index (κ3) is 1.94. The highest BCUT2D eigenvalue weighted by atomic mass is 16.5. The quantitative estimate of drug-likeness (QED) is 0.765. The zero-order valence-electron chi connectivity index (χ0n) is 9.56. The van der Waals surface area contributed by atoms with Crippen LogP contribution in [0.4, 0.5) is 0 Å². The van der Waals surface area contributed by atoms with Crippen LogP contribution in [-0.2, 0) is 0 Å². The van der Waals surface area contributed by atoms with Gasteiger partial charge in [-0.1, -0.05) is 5.16 Å². The normalized spacial score (nSPS) is 19.1. The van der Waals surface area contributed by atoms with E-state index in [2.05, 4.69) is 20.1 Å². The van der Waals surface area contributed by atoms with Crippen LogP contribution in [0.15, 0.2) is 29.5 Å². The summed E-state index contributed by atoms with van der Waals surface area (Å²) in [6.45, 7) is 1.27. The van der Waals surface area contributed by atoms with E-state index in [-0.39, 0.29) is 11.8 Å². The number of carbonyl (C=O) groups excluding carboxylic acids is 1. The molecule has 18 heavy (non-hydrogen) atoms. The molecule has 0 radical (unpaired) electrons. The van der Waals surface area contributed by atoms with Gasteiger partial charge in [-0.3, -0.25) is 9.78 Å². The van der Waals surface area contributed by atoms with Gasteiger partial charge in [0.2, 0.25) is 6.39 Å². The standard InChI is InChI=1S/C11H11N5O2/c17-11(9-5-12-2-3-13-9)16-4-1-8(6-16)10-14-7-18-15-10/h2-3,5,7-8H,1,4,6H2. The highest BCUT2D eigenvalue weighted by molar-refractivity contribution is 5.92. The maximum Gasteiger partial charge on any atom is 0.274 e. The van der Waals surface area contributed by atoms with Crippen LogP contribution in [0, 0.1) is 0 Å². The summed E-state index contributed by atoms with van der Waals surface area (Å²) in [5.41, 5.74) is 0.367. The van der Waals surface area contributed by atoms with Crippen molar-refractivity contribution in [1.29, 1.82) is 0 Å². The number of amides is 1. The minimum Gasteiger partial charge on any atom is -0.343 e. The third-order valence-electron chi connectivity index (χ3n) is 3.00. The van der Waals surface area contributed by atoms with Crippen molar-refractivity contribution in [1.82, 2.24) is 25.0 Å². The SMILES string of the molecule is O=C(c1cnccn1)N1CCC(c2ncon2)C1. The molecule has 0 aliphatic carbocycles. The first-order valence-corrected chi connectivity index (χ1v) is 5.66. The molecule has 3 heterocycles. The van der Waals surface area contributed by atoms with Crippen molar-refractivity contribution in [2.45, 2.75) is 12.3 Å². The van der Waals surface area contributed by atoms with Gasteiger partial charge in [-0.05, 0) is 6.42 Å². The highest BCUT2D eigenvalue weighted by Crippen LogP contribution is 2.25. The summed E-state index contributed by atoms with van der Waals surface area (Å²) >= 11 is 0. The van der Waals surface area contributed by atoms with Crippen molar-refractivity contribution >= 4 is 5.91 Å². The smallest absolute Gasteiger partial charge is 0.274 e. The van der Waals surface area contributed by atoms with Crippen LogP contribution in [0.2, 0.25) is 0 Å². The van der Waals surface area contributed by atoms with Gasteiger partial charge in [-0.2, -0.15) is 4.98 Å². The second kappa shape index (κ2) is 4.52. The molecule has 3 rings (SSSR count). The summed E-state index contributed by atoms with van der Waals surface area (Å²) in [5.74, 6) is 0.697. The molecule has 2 aromatic rings. The first-order valence-electron chi connectivity index (χ1n) is 5.66. The Morgan fingerprint density at radius 3 is 3.06 bits per heavy atom. The number of aromatic nitrogens is 4. The number of hydrogen-bond acceptors (Lipinski definition) is 6. The molecule has 1 unspecified atom stereocenters. The molecule has 92 valence electrons. The highest BCUT2D eigenvalue weighted by Gasteiger charge is 2.30. The van der Waals surface area contributed by atoms with Crippen molar-refractivity contribution < 1.29 is 9.32 Å². The van der Waals surface area contributed by atoms with Gasteiger partial charge in [-0.25, -0.2) is 4.98 Å². The maximum atomic E-state index is 12.1. The second-order valence-corrected chi connectivity index (χ2v) is 4.12. The minimum atomic E-state index is -0.103. The number of hydrogen-bond donors (Lipinski definition) is 0. The van der Waals surface area contributed by atoms with Crippen LogP contribution in [0.1, 0.15) is 28.7 Å². The van der Waals surface area contributed by atoms with E-state index in [1.807, 2.05) is 0 Å². The van der Waals surface area contributed by atoms with Gasteiger partial charge in [0, 0.05) is 31.4 Å². The van der Waals surface area contributed by atoms with E-state index in [1.165, 1.54) is 18.8 Å². The van der Waals surface area contributed by atoms with Crippen LogP contribution < -0.4 is 0 Å². The molecule has 1 fully saturated rings. The van der Waals surface area contributed by atoms with Gasteiger partial charge in [0.25, 0.3) is 5.91 Å². The van der Waals surface area contributed by atoms with E-state index in [0.29, 0.717) is 24.6 Å². The van der Waals surface area contributed by atoms with Gasteiger partial charge in [0.05, 0.1) is 6.20 Å². The lowest BCUT2D eigenvalue weighted by Gasteiger charge is -2.14. The Morgan fingerprint density at radius 1 is 1.39 bits per heavy atom. The predicted molar refractivity (Wildman–Crippen MR) is 59.6 cm³/mol. The fourth-order valence-electron chi connectivity index (χ4n) is 2.09. The molecule has 1 saturated heterocycles. The van der Waals surface area contributed by atoms with E-state index < -0.39 is 0 Å². The summed E-state index contributed by atoms with van der Waals surface area (Å²) < 4.78 is 4.72. The van der Waals surface area contributed by atoms with Crippen LogP contribution in [0.25, 0.3) is 0 Å². The molecule has 2 aromatic heterocycles. The Labute approximate surface area is 103 Å². The van der Waals surface area contributed by atoms with E-state index >= 15 is 0 Å². The summed E-state index contributed by atoms with van der Waals surface area (Å²) in [6, 6.07) is 0. The Kier molecular flexibility index (Phi) is 2.71. The Balaban J connectivity index is 1.71. The Hall–Kier alpha value is -2.31. The molecule has 1 aliphatic heterocycles. The molecule has 7 nitrogen and oxygen atoms in total. The second-order valence-electron chi connectivity index (χ2n) is 4.12. The lowest BCUT2D eigenvalue weighted by molar-refractivity contribution is 0.0784. The van der Waals surface area contributed by atoms with Crippen molar-refractivity contribution in [2.24, 2.45) is 0 Å². The summed E-state index contributed by atoms with van der Waals surface area (Å²) in [6.07, 6.45) is 6.68. The maximum absolute atomic E-state index is 12.1. The lowest BCUT2D eigenvalue weighted by atomic mass is 10.1. The fourth-order valence-corrected chi connectivity index (χ4v) is 2.09. The first kappa shape index (κ1) is 10.8. The molecule has 0 spiro atoms. The molecule has 7 heteroatoms. The van der Waals surface area contributed by atoms with Crippen LogP contribution in [-0.4, -0.2) is 44.0 Å². The summed E-state index contributed by atoms with van der Waals surface area (Å²) in [5, 5.41) is 3.81. The number of nitrogens with zero attached hydrogens (tertiary/aromatic N) is 5. The van der Waals surface area contributed by atoms with E-state index in [4.69, 9.17) is 4.52 Å². The lowest BCUT2D eigenvalue weighted by Crippen LogP contribution is -2.29. The van der Waals surface area contributed by atoms with E-state index in [0.717, 1.165) is 6.42 Å². The largest absolute Gasteiger partial charge is 0.343 e. The molecule has 1 atom stereocenters. The number of likely N-dealkylation sites (tertiary alicyclic amines) is 1.